The lowest BCUT2D eigenvalue weighted by atomic mass is 9.89. The molecule has 0 bridgehead atoms. The molecular weight excluding hydrogens is 314 g/mol. The molecule has 3 rings (SSSR count). The number of para-hydroxylation sites is 1. The average Bonchev–Trinajstić information content (AvgIpc) is 2.97. The topological polar surface area (TPSA) is 98.2 Å². The fourth-order valence-corrected chi connectivity index (χ4v) is 3.60. The van der Waals surface area contributed by atoms with Crippen LogP contribution < -0.4 is 5.73 Å². The van der Waals surface area contributed by atoms with Crippen molar-refractivity contribution in [1.29, 1.82) is 5.26 Å². The molecule has 0 radical (unpaired) electrons. The van der Waals surface area contributed by atoms with Gasteiger partial charge in [-0.1, -0.05) is 12.1 Å². The highest BCUT2D eigenvalue weighted by atomic mass is 32.1. The van der Waals surface area contributed by atoms with E-state index in [1.807, 2.05) is 30.3 Å². The van der Waals surface area contributed by atoms with Crippen molar-refractivity contribution >= 4 is 27.5 Å². The minimum Gasteiger partial charge on any atom is -0.466 e. The molecule has 0 saturated carbocycles. The molecule has 1 unspecified atom stereocenters. The van der Waals surface area contributed by atoms with E-state index in [4.69, 9.17) is 15.2 Å². The Balaban J connectivity index is 2.23. The molecular formula is C16H13N3O3S. The van der Waals surface area contributed by atoms with Gasteiger partial charge in [0.2, 0.25) is 5.88 Å². The molecule has 6 nitrogen and oxygen atoms in total. The summed E-state index contributed by atoms with van der Waals surface area (Å²) in [7, 11) is 1.28. The van der Waals surface area contributed by atoms with E-state index in [1.165, 1.54) is 18.4 Å². The molecule has 0 spiro atoms. The van der Waals surface area contributed by atoms with E-state index in [-0.39, 0.29) is 17.0 Å². The fourth-order valence-electron chi connectivity index (χ4n) is 2.52. The van der Waals surface area contributed by atoms with Gasteiger partial charge in [0.05, 0.1) is 28.8 Å². The van der Waals surface area contributed by atoms with E-state index in [2.05, 4.69) is 4.98 Å². The summed E-state index contributed by atoms with van der Waals surface area (Å²) in [6.45, 7) is 1.62. The molecule has 1 aliphatic heterocycles. The Morgan fingerprint density at radius 1 is 1.48 bits per heavy atom. The predicted molar refractivity (Wildman–Crippen MR) is 85.0 cm³/mol. The summed E-state index contributed by atoms with van der Waals surface area (Å²) in [5.41, 5.74) is 7.04. The third-order valence-electron chi connectivity index (χ3n) is 3.57. The highest BCUT2D eigenvalue weighted by Gasteiger charge is 2.38. The van der Waals surface area contributed by atoms with Crippen molar-refractivity contribution in [3.63, 3.8) is 0 Å². The third kappa shape index (κ3) is 2.43. The first kappa shape index (κ1) is 15.1. The maximum absolute atomic E-state index is 12.2. The SMILES string of the molecule is COC(=O)C1=C(C)OC(N)=C(C#N)C1c1nc2ccccc2s1. The van der Waals surface area contributed by atoms with Gasteiger partial charge in [-0.15, -0.1) is 11.3 Å². The minimum absolute atomic E-state index is 0.0121. The number of allylic oxidation sites excluding steroid dienone is 2. The number of fused-ring (bicyclic) bond motifs is 1. The summed E-state index contributed by atoms with van der Waals surface area (Å²) in [6.07, 6.45) is 0. The van der Waals surface area contributed by atoms with E-state index in [9.17, 15) is 10.1 Å². The smallest absolute Gasteiger partial charge is 0.338 e. The Morgan fingerprint density at radius 2 is 2.22 bits per heavy atom. The van der Waals surface area contributed by atoms with Gasteiger partial charge in [-0.25, -0.2) is 9.78 Å². The minimum atomic E-state index is -0.682. The maximum atomic E-state index is 12.2. The van der Waals surface area contributed by atoms with Crippen molar-refractivity contribution < 1.29 is 14.3 Å². The van der Waals surface area contributed by atoms with Crippen LogP contribution in [0.1, 0.15) is 17.8 Å². The van der Waals surface area contributed by atoms with Crippen LogP contribution in [0.4, 0.5) is 0 Å². The molecule has 1 aromatic heterocycles. The van der Waals surface area contributed by atoms with Crippen LogP contribution in [0.3, 0.4) is 0 Å². The summed E-state index contributed by atoms with van der Waals surface area (Å²) >= 11 is 1.41. The summed E-state index contributed by atoms with van der Waals surface area (Å²) in [6, 6.07) is 9.63. The molecule has 2 N–H and O–H groups in total. The quantitative estimate of drug-likeness (QED) is 0.851. The largest absolute Gasteiger partial charge is 0.466 e. The molecule has 0 saturated heterocycles. The van der Waals surface area contributed by atoms with Crippen LogP contribution >= 0.6 is 11.3 Å². The third-order valence-corrected chi connectivity index (χ3v) is 4.67. The number of benzene rings is 1. The molecule has 2 heterocycles. The molecule has 0 amide bonds. The number of hydrogen-bond donors (Lipinski definition) is 1. The van der Waals surface area contributed by atoms with Crippen molar-refractivity contribution in [2.45, 2.75) is 12.8 Å². The molecule has 0 fully saturated rings. The number of nitrogens with two attached hydrogens (primary N) is 1. The van der Waals surface area contributed by atoms with Crippen molar-refractivity contribution in [3.05, 3.63) is 52.1 Å². The van der Waals surface area contributed by atoms with Gasteiger partial charge < -0.3 is 15.2 Å². The zero-order valence-electron chi connectivity index (χ0n) is 12.5. The van der Waals surface area contributed by atoms with Crippen molar-refractivity contribution in [2.75, 3.05) is 7.11 Å². The number of aromatic nitrogens is 1. The number of nitriles is 1. The molecule has 23 heavy (non-hydrogen) atoms. The van der Waals surface area contributed by atoms with Crippen LogP contribution in [0, 0.1) is 11.3 Å². The highest BCUT2D eigenvalue weighted by molar-refractivity contribution is 7.18. The number of thiazole rings is 1. The lowest BCUT2D eigenvalue weighted by Gasteiger charge is -2.24. The van der Waals surface area contributed by atoms with Gasteiger partial charge in [-0.2, -0.15) is 5.26 Å². The molecule has 1 aromatic carbocycles. The molecule has 1 aliphatic rings. The molecule has 2 aromatic rings. The van der Waals surface area contributed by atoms with Crippen LogP contribution in [-0.2, 0) is 14.3 Å². The second kappa shape index (κ2) is 5.74. The average molecular weight is 327 g/mol. The van der Waals surface area contributed by atoms with E-state index >= 15 is 0 Å². The van der Waals surface area contributed by atoms with Gasteiger partial charge in [-0.3, -0.25) is 0 Å². The Bertz CT molecular complexity index is 872. The van der Waals surface area contributed by atoms with Crippen LogP contribution in [0.5, 0.6) is 0 Å². The fraction of sp³-hybridized carbons (Fsp3) is 0.188. The number of esters is 1. The van der Waals surface area contributed by atoms with Crippen LogP contribution in [-0.4, -0.2) is 18.1 Å². The molecule has 7 heteroatoms. The Hall–Kier alpha value is -2.85. The Kier molecular flexibility index (Phi) is 3.76. The van der Waals surface area contributed by atoms with Gasteiger partial charge in [0.15, 0.2) is 0 Å². The number of methoxy groups -OCH3 is 1. The Labute approximate surface area is 136 Å². The second-order valence-electron chi connectivity index (χ2n) is 4.91. The molecule has 1 atom stereocenters. The number of carbonyl (C=O) groups is 1. The van der Waals surface area contributed by atoms with E-state index in [1.54, 1.807) is 6.92 Å². The zero-order valence-corrected chi connectivity index (χ0v) is 13.3. The summed E-state index contributed by atoms with van der Waals surface area (Å²) in [5, 5.41) is 10.1. The van der Waals surface area contributed by atoms with Gasteiger partial charge >= 0.3 is 5.97 Å². The van der Waals surface area contributed by atoms with E-state index < -0.39 is 11.9 Å². The number of nitrogens with zero attached hydrogens (tertiary/aromatic N) is 2. The van der Waals surface area contributed by atoms with E-state index in [0.717, 1.165) is 10.2 Å². The van der Waals surface area contributed by atoms with Crippen molar-refractivity contribution in [2.24, 2.45) is 5.73 Å². The normalized spacial score (nSPS) is 17.9. The van der Waals surface area contributed by atoms with Gasteiger partial charge in [0, 0.05) is 0 Å². The highest BCUT2D eigenvalue weighted by Crippen LogP contribution is 2.42. The predicted octanol–water partition coefficient (Wildman–Crippen LogP) is 2.55. The summed E-state index contributed by atoms with van der Waals surface area (Å²) in [4.78, 5) is 16.7. The maximum Gasteiger partial charge on any atom is 0.338 e. The standard InChI is InChI=1S/C16H13N3O3S/c1-8-12(16(20)21-2)13(9(7-17)14(18)22-8)15-19-10-5-3-4-6-11(10)23-15/h3-6,13H,18H2,1-2H3. The number of hydrogen-bond acceptors (Lipinski definition) is 7. The molecule has 116 valence electrons. The number of carbonyl (C=O) groups excluding carboxylic acids is 1. The van der Waals surface area contributed by atoms with Crippen molar-refractivity contribution in [3.8, 4) is 6.07 Å². The van der Waals surface area contributed by atoms with Crippen LogP contribution in [0.2, 0.25) is 0 Å². The van der Waals surface area contributed by atoms with Gasteiger partial charge in [0.25, 0.3) is 0 Å². The van der Waals surface area contributed by atoms with Crippen molar-refractivity contribution in [1.82, 2.24) is 4.98 Å². The second-order valence-corrected chi connectivity index (χ2v) is 5.97. The van der Waals surface area contributed by atoms with Gasteiger partial charge in [0.1, 0.15) is 22.4 Å². The number of rotatable bonds is 2. The monoisotopic (exact) mass is 327 g/mol. The first-order valence-corrected chi connectivity index (χ1v) is 7.60. The van der Waals surface area contributed by atoms with Crippen LogP contribution in [0.15, 0.2) is 47.1 Å². The van der Waals surface area contributed by atoms with Crippen LogP contribution in [0.25, 0.3) is 10.2 Å². The van der Waals surface area contributed by atoms with E-state index in [0.29, 0.717) is 10.8 Å². The first-order chi connectivity index (χ1) is 11.1. The first-order valence-electron chi connectivity index (χ1n) is 6.79. The lowest BCUT2D eigenvalue weighted by molar-refractivity contribution is -0.136. The van der Waals surface area contributed by atoms with Gasteiger partial charge in [-0.05, 0) is 19.1 Å². The number of ether oxygens (including phenoxy) is 2. The zero-order chi connectivity index (χ0) is 16.6. The Morgan fingerprint density at radius 3 is 2.87 bits per heavy atom. The lowest BCUT2D eigenvalue weighted by Crippen LogP contribution is -2.24. The summed E-state index contributed by atoms with van der Waals surface area (Å²) < 4.78 is 11.1. The molecule has 0 aliphatic carbocycles. The summed E-state index contributed by atoms with van der Waals surface area (Å²) in [5.74, 6) is -0.940.